The van der Waals surface area contributed by atoms with Crippen LogP contribution in [-0.4, -0.2) is 5.11 Å². The molecule has 0 heterocycles. The number of benzene rings is 2. The second kappa shape index (κ2) is 5.19. The van der Waals surface area contributed by atoms with Crippen molar-refractivity contribution in [1.29, 1.82) is 0 Å². The molecular weight excluding hydrogens is 231 g/mol. The van der Waals surface area contributed by atoms with Crippen molar-refractivity contribution in [3.05, 3.63) is 59.4 Å². The molecule has 0 spiro atoms. The molecule has 0 saturated heterocycles. The van der Waals surface area contributed by atoms with Gasteiger partial charge < -0.3 is 9.84 Å². The topological polar surface area (TPSA) is 29.5 Å². The summed E-state index contributed by atoms with van der Waals surface area (Å²) in [5, 5.41) is 9.61. The van der Waals surface area contributed by atoms with E-state index < -0.39 is 11.9 Å². The van der Waals surface area contributed by atoms with Gasteiger partial charge in [0.15, 0.2) is 11.6 Å². The van der Waals surface area contributed by atoms with E-state index in [-0.39, 0.29) is 5.75 Å². The number of aliphatic hydroxyl groups is 1. The molecule has 2 aromatic carbocycles. The molecule has 0 aromatic heterocycles. The van der Waals surface area contributed by atoms with Crippen LogP contribution in [0.5, 0.6) is 11.5 Å². The molecule has 2 aromatic rings. The maximum atomic E-state index is 13.8. The number of aliphatic hydroxyl groups excluding tert-OH is 1. The second-order valence-electron chi connectivity index (χ2n) is 4.25. The van der Waals surface area contributed by atoms with Gasteiger partial charge in [0.1, 0.15) is 5.75 Å². The van der Waals surface area contributed by atoms with E-state index in [2.05, 4.69) is 0 Å². The van der Waals surface area contributed by atoms with Crippen molar-refractivity contribution in [1.82, 2.24) is 0 Å². The van der Waals surface area contributed by atoms with Crippen molar-refractivity contribution in [2.75, 3.05) is 0 Å². The molecule has 0 unspecified atom stereocenters. The molecule has 0 aliphatic heterocycles. The van der Waals surface area contributed by atoms with Crippen molar-refractivity contribution in [2.24, 2.45) is 0 Å². The molecule has 0 bridgehead atoms. The quantitative estimate of drug-likeness (QED) is 0.887. The average Bonchev–Trinajstić information content (AvgIpc) is 2.31. The first-order valence-corrected chi connectivity index (χ1v) is 5.79. The van der Waals surface area contributed by atoms with Crippen molar-refractivity contribution >= 4 is 0 Å². The lowest BCUT2D eigenvalue weighted by molar-refractivity contribution is 0.194. The Kier molecular flexibility index (Phi) is 3.63. The van der Waals surface area contributed by atoms with Gasteiger partial charge in [-0.2, -0.15) is 0 Å². The maximum absolute atomic E-state index is 13.8. The highest BCUT2D eigenvalue weighted by atomic mass is 19.1. The standard InChI is InChI=1S/C15H15FO2/c1-10-5-3-6-12(9-10)18-15-13(11(2)17)7-4-8-14(15)16/h3-9,11,17H,1-2H3/t11-/m0/s1. The van der Waals surface area contributed by atoms with E-state index in [9.17, 15) is 9.50 Å². The normalized spacial score (nSPS) is 12.2. The maximum Gasteiger partial charge on any atom is 0.168 e. The monoisotopic (exact) mass is 246 g/mol. The highest BCUT2D eigenvalue weighted by Crippen LogP contribution is 2.32. The molecule has 1 N–H and O–H groups in total. The number of aryl methyl sites for hydroxylation is 1. The third-order valence-electron chi connectivity index (χ3n) is 2.66. The zero-order valence-corrected chi connectivity index (χ0v) is 10.4. The van der Waals surface area contributed by atoms with Crippen LogP contribution in [0.3, 0.4) is 0 Å². The fraction of sp³-hybridized carbons (Fsp3) is 0.200. The van der Waals surface area contributed by atoms with Crippen molar-refractivity contribution in [3.8, 4) is 11.5 Å². The lowest BCUT2D eigenvalue weighted by Crippen LogP contribution is -1.98. The minimum atomic E-state index is -0.777. The highest BCUT2D eigenvalue weighted by molar-refractivity contribution is 5.40. The first kappa shape index (κ1) is 12.6. The molecule has 0 radical (unpaired) electrons. The minimum absolute atomic E-state index is 0.0816. The van der Waals surface area contributed by atoms with Gasteiger partial charge in [-0.3, -0.25) is 0 Å². The first-order valence-electron chi connectivity index (χ1n) is 5.79. The van der Waals surface area contributed by atoms with Crippen LogP contribution in [0, 0.1) is 12.7 Å². The van der Waals surface area contributed by atoms with Gasteiger partial charge in [-0.1, -0.05) is 24.3 Å². The summed E-state index contributed by atoms with van der Waals surface area (Å²) in [5.74, 6) is 0.162. The zero-order valence-electron chi connectivity index (χ0n) is 10.4. The van der Waals surface area contributed by atoms with E-state index >= 15 is 0 Å². The second-order valence-corrected chi connectivity index (χ2v) is 4.25. The van der Waals surface area contributed by atoms with Crippen LogP contribution in [0.15, 0.2) is 42.5 Å². The molecule has 0 aliphatic rings. The summed E-state index contributed by atoms with van der Waals surface area (Å²) in [6, 6.07) is 11.9. The summed E-state index contributed by atoms with van der Waals surface area (Å²) in [6.45, 7) is 3.52. The predicted molar refractivity (Wildman–Crippen MR) is 68.3 cm³/mol. The third-order valence-corrected chi connectivity index (χ3v) is 2.66. The van der Waals surface area contributed by atoms with E-state index in [0.29, 0.717) is 11.3 Å². The van der Waals surface area contributed by atoms with E-state index in [0.717, 1.165) is 5.56 Å². The molecule has 0 amide bonds. The van der Waals surface area contributed by atoms with E-state index in [1.54, 1.807) is 25.1 Å². The van der Waals surface area contributed by atoms with Gasteiger partial charge in [-0.25, -0.2) is 4.39 Å². The summed E-state index contributed by atoms with van der Waals surface area (Å²) < 4.78 is 19.3. The van der Waals surface area contributed by atoms with E-state index in [1.807, 2.05) is 25.1 Å². The lowest BCUT2D eigenvalue weighted by Gasteiger charge is -2.14. The highest BCUT2D eigenvalue weighted by Gasteiger charge is 2.14. The number of hydrogen-bond acceptors (Lipinski definition) is 2. The minimum Gasteiger partial charge on any atom is -0.454 e. The number of rotatable bonds is 3. The Bertz CT molecular complexity index is 550. The van der Waals surface area contributed by atoms with Crippen LogP contribution in [0.1, 0.15) is 24.2 Å². The summed E-state index contributed by atoms with van der Waals surface area (Å²) in [7, 11) is 0. The molecule has 18 heavy (non-hydrogen) atoms. The van der Waals surface area contributed by atoms with Crippen LogP contribution < -0.4 is 4.74 Å². The van der Waals surface area contributed by atoms with Gasteiger partial charge in [0.25, 0.3) is 0 Å². The van der Waals surface area contributed by atoms with Crippen molar-refractivity contribution in [2.45, 2.75) is 20.0 Å². The Hall–Kier alpha value is -1.87. The number of ether oxygens (including phenoxy) is 1. The largest absolute Gasteiger partial charge is 0.454 e. The van der Waals surface area contributed by atoms with Crippen LogP contribution in [0.4, 0.5) is 4.39 Å². The van der Waals surface area contributed by atoms with Crippen LogP contribution in [0.2, 0.25) is 0 Å². The summed E-state index contributed by atoms with van der Waals surface area (Å²) in [5.41, 5.74) is 1.47. The summed E-state index contributed by atoms with van der Waals surface area (Å²) in [4.78, 5) is 0. The van der Waals surface area contributed by atoms with Crippen LogP contribution in [-0.2, 0) is 0 Å². The van der Waals surface area contributed by atoms with Gasteiger partial charge in [0.2, 0.25) is 0 Å². The molecule has 94 valence electrons. The smallest absolute Gasteiger partial charge is 0.168 e. The van der Waals surface area contributed by atoms with Crippen molar-refractivity contribution in [3.63, 3.8) is 0 Å². The Morgan fingerprint density at radius 2 is 1.89 bits per heavy atom. The molecular formula is C15H15FO2. The van der Waals surface area contributed by atoms with E-state index in [4.69, 9.17) is 4.74 Å². The van der Waals surface area contributed by atoms with Gasteiger partial charge in [0, 0.05) is 5.56 Å². The fourth-order valence-corrected chi connectivity index (χ4v) is 1.76. The van der Waals surface area contributed by atoms with Gasteiger partial charge >= 0.3 is 0 Å². The fourth-order valence-electron chi connectivity index (χ4n) is 1.76. The molecule has 0 saturated carbocycles. The Morgan fingerprint density at radius 1 is 1.17 bits per heavy atom. The third kappa shape index (κ3) is 2.68. The van der Waals surface area contributed by atoms with Gasteiger partial charge in [-0.15, -0.1) is 0 Å². The lowest BCUT2D eigenvalue weighted by atomic mass is 10.1. The molecule has 3 heteroatoms. The molecule has 0 fully saturated rings. The van der Waals surface area contributed by atoms with E-state index in [1.165, 1.54) is 6.07 Å². The Morgan fingerprint density at radius 3 is 2.56 bits per heavy atom. The van der Waals surface area contributed by atoms with Crippen LogP contribution >= 0.6 is 0 Å². The van der Waals surface area contributed by atoms with Gasteiger partial charge in [-0.05, 0) is 37.6 Å². The first-order chi connectivity index (χ1) is 8.58. The molecule has 2 nitrogen and oxygen atoms in total. The molecule has 1 atom stereocenters. The Labute approximate surface area is 106 Å². The average molecular weight is 246 g/mol. The predicted octanol–water partition coefficient (Wildman–Crippen LogP) is 3.98. The molecule has 0 aliphatic carbocycles. The Balaban J connectivity index is 2.39. The SMILES string of the molecule is Cc1cccc(Oc2c(F)cccc2[C@H](C)O)c1. The van der Waals surface area contributed by atoms with Gasteiger partial charge in [0.05, 0.1) is 6.10 Å². The van der Waals surface area contributed by atoms with Crippen molar-refractivity contribution < 1.29 is 14.2 Å². The number of para-hydroxylation sites is 1. The zero-order chi connectivity index (χ0) is 13.1. The number of halogens is 1. The summed E-state index contributed by atoms with van der Waals surface area (Å²) >= 11 is 0. The van der Waals surface area contributed by atoms with Crippen LogP contribution in [0.25, 0.3) is 0 Å². The molecule has 2 rings (SSSR count). The number of hydrogen-bond donors (Lipinski definition) is 1. The summed E-state index contributed by atoms with van der Waals surface area (Å²) in [6.07, 6.45) is -0.777.